The number of hydrogen-bond acceptors (Lipinski definition) is 7. The first-order valence-corrected chi connectivity index (χ1v) is 22.5. The Kier molecular flexibility index (Phi) is 8.15. The zero-order chi connectivity index (χ0) is 41.4. The molecule has 8 heteroatoms. The van der Waals surface area contributed by atoms with Crippen molar-refractivity contribution in [2.45, 2.75) is 0 Å². The molecular weight excluding hydrogens is 809 g/mol. The number of nitrogens with zero attached hydrogens (tertiary/aromatic N) is 6. The predicted molar refractivity (Wildman–Crippen MR) is 263 cm³/mol. The Morgan fingerprint density at radius 1 is 0.349 bits per heavy atom. The molecule has 5 aromatic heterocycles. The molecule has 0 spiro atoms. The Labute approximate surface area is 369 Å². The van der Waals surface area contributed by atoms with Gasteiger partial charge in [0.1, 0.15) is 0 Å². The lowest BCUT2D eigenvalue weighted by Gasteiger charge is -2.11. The molecule has 8 aromatic carbocycles. The zero-order valence-electron chi connectivity index (χ0n) is 33.5. The maximum atomic E-state index is 5.37. The molecule has 0 fully saturated rings. The van der Waals surface area contributed by atoms with Gasteiger partial charge >= 0.3 is 0 Å². The van der Waals surface area contributed by atoms with Gasteiger partial charge in [0.05, 0.1) is 26.9 Å². The summed E-state index contributed by atoms with van der Waals surface area (Å²) >= 11 is 3.53. The summed E-state index contributed by atoms with van der Waals surface area (Å²) in [4.78, 5) is 26.3. The molecule has 6 nitrogen and oxygen atoms in total. The fourth-order valence-electron chi connectivity index (χ4n) is 8.97. The smallest absolute Gasteiger partial charge is 0.164 e. The molecule has 294 valence electrons. The third kappa shape index (κ3) is 5.87. The van der Waals surface area contributed by atoms with E-state index in [-0.39, 0.29) is 0 Å². The van der Waals surface area contributed by atoms with Gasteiger partial charge in [0.25, 0.3) is 0 Å². The molecule has 0 radical (unpaired) electrons. The van der Waals surface area contributed by atoms with Crippen LogP contribution >= 0.6 is 22.7 Å². The Balaban J connectivity index is 1.01. The monoisotopic (exact) mass is 840 g/mol. The summed E-state index contributed by atoms with van der Waals surface area (Å²) in [7, 11) is 0. The summed E-state index contributed by atoms with van der Waals surface area (Å²) in [6, 6.07) is 67.8. The highest BCUT2D eigenvalue weighted by Crippen LogP contribution is 2.44. The first-order valence-electron chi connectivity index (χ1n) is 20.8. The van der Waals surface area contributed by atoms with Crippen LogP contribution in [0.25, 0.3) is 125 Å². The van der Waals surface area contributed by atoms with E-state index in [0.717, 1.165) is 76.6 Å². The van der Waals surface area contributed by atoms with Gasteiger partial charge in [-0.3, -0.25) is 0 Å². The van der Waals surface area contributed by atoms with E-state index in [1.807, 2.05) is 24.3 Å². The zero-order valence-corrected chi connectivity index (χ0v) is 35.1. The molecule has 63 heavy (non-hydrogen) atoms. The number of thiophene rings is 2. The van der Waals surface area contributed by atoms with Crippen molar-refractivity contribution in [3.8, 4) is 62.5 Å². The van der Waals surface area contributed by atoms with Gasteiger partial charge in [-0.05, 0) is 54.6 Å². The molecule has 0 atom stereocenters. The number of hydrogen-bond donors (Lipinski definition) is 0. The molecule has 0 saturated carbocycles. The lowest BCUT2D eigenvalue weighted by Crippen LogP contribution is -2.00. The fourth-order valence-corrected chi connectivity index (χ4v) is 11.2. The van der Waals surface area contributed by atoms with Gasteiger partial charge in [-0.2, -0.15) is 0 Å². The van der Waals surface area contributed by atoms with Gasteiger partial charge in [-0.15, -0.1) is 22.7 Å². The van der Waals surface area contributed by atoms with Gasteiger partial charge < -0.3 is 4.57 Å². The van der Waals surface area contributed by atoms with Crippen molar-refractivity contribution in [2.24, 2.45) is 0 Å². The number of para-hydroxylation sites is 2. The first-order chi connectivity index (χ1) is 31.2. The Morgan fingerprint density at radius 3 is 1.75 bits per heavy atom. The second kappa shape index (κ2) is 14.3. The lowest BCUT2D eigenvalue weighted by molar-refractivity contribution is 1.07. The molecule has 0 saturated heterocycles. The van der Waals surface area contributed by atoms with E-state index in [9.17, 15) is 0 Å². The van der Waals surface area contributed by atoms with Crippen molar-refractivity contribution in [2.75, 3.05) is 0 Å². The van der Waals surface area contributed by atoms with Crippen molar-refractivity contribution < 1.29 is 0 Å². The van der Waals surface area contributed by atoms with Gasteiger partial charge in [0, 0.05) is 74.5 Å². The van der Waals surface area contributed by atoms with E-state index in [2.05, 4.69) is 174 Å². The first kappa shape index (κ1) is 35.8. The molecule has 0 bridgehead atoms. The maximum Gasteiger partial charge on any atom is 0.164 e. The van der Waals surface area contributed by atoms with Crippen LogP contribution in [-0.4, -0.2) is 29.5 Å². The molecule has 0 aliphatic rings. The van der Waals surface area contributed by atoms with E-state index in [4.69, 9.17) is 24.9 Å². The topological polar surface area (TPSA) is 69.4 Å². The lowest BCUT2D eigenvalue weighted by atomic mass is 10.0. The molecule has 0 aliphatic heterocycles. The third-order valence-electron chi connectivity index (χ3n) is 11.9. The fraction of sp³-hybridized carbons (Fsp3) is 0. The summed E-state index contributed by atoms with van der Waals surface area (Å²) < 4.78 is 6.96. The summed E-state index contributed by atoms with van der Waals surface area (Å²) in [5.41, 5.74) is 10.1. The minimum atomic E-state index is 0.607. The highest BCUT2D eigenvalue weighted by molar-refractivity contribution is 7.26. The van der Waals surface area contributed by atoms with Gasteiger partial charge in [-0.1, -0.05) is 140 Å². The number of benzene rings is 8. The van der Waals surface area contributed by atoms with Crippen LogP contribution < -0.4 is 0 Å². The number of rotatable bonds is 6. The molecule has 0 N–H and O–H groups in total. The maximum absolute atomic E-state index is 5.37. The van der Waals surface area contributed by atoms with Crippen LogP contribution in [0.1, 0.15) is 0 Å². The van der Waals surface area contributed by atoms with E-state index >= 15 is 0 Å². The van der Waals surface area contributed by atoms with Crippen LogP contribution in [0, 0.1) is 0 Å². The van der Waals surface area contributed by atoms with E-state index in [1.54, 1.807) is 22.7 Å². The standard InChI is InChI=1S/C55H32N6S2/c1-4-15-33(16-5-1)49-51-50(40-22-11-13-25-45(40)63-51)57-55(56-49)41-23-14-26-47-48(41)42-31-35(28-30-46(42)62-47)53-58-52(34-17-6-2-7-18-34)59-54(60-53)36-27-29-39-38-21-10-12-24-43(38)61(44(39)32-36)37-19-8-3-9-20-37/h1-32H. The molecule has 13 rings (SSSR count). The number of fused-ring (bicyclic) bond motifs is 9. The Bertz CT molecular complexity index is 3910. The van der Waals surface area contributed by atoms with E-state index in [0.29, 0.717) is 23.3 Å². The van der Waals surface area contributed by atoms with Gasteiger partial charge in [0.2, 0.25) is 0 Å². The van der Waals surface area contributed by atoms with Crippen LogP contribution in [0.2, 0.25) is 0 Å². The molecule has 0 unspecified atom stereocenters. The molecule has 5 heterocycles. The van der Waals surface area contributed by atoms with Crippen LogP contribution in [0.4, 0.5) is 0 Å². The highest BCUT2D eigenvalue weighted by Gasteiger charge is 2.21. The highest BCUT2D eigenvalue weighted by atomic mass is 32.1. The summed E-state index contributed by atoms with van der Waals surface area (Å²) in [6.45, 7) is 0. The van der Waals surface area contributed by atoms with Crippen molar-refractivity contribution in [3.05, 3.63) is 194 Å². The van der Waals surface area contributed by atoms with Gasteiger partial charge in [-0.25, -0.2) is 24.9 Å². The number of aromatic nitrogens is 6. The Hall–Kier alpha value is -7.91. The van der Waals surface area contributed by atoms with Crippen LogP contribution in [-0.2, 0) is 0 Å². The van der Waals surface area contributed by atoms with Crippen molar-refractivity contribution in [1.29, 1.82) is 0 Å². The normalized spacial score (nSPS) is 11.8. The second-order valence-electron chi connectivity index (χ2n) is 15.6. The van der Waals surface area contributed by atoms with E-state index < -0.39 is 0 Å². The third-order valence-corrected chi connectivity index (χ3v) is 14.2. The summed E-state index contributed by atoms with van der Waals surface area (Å²) in [5, 5.41) is 5.75. The predicted octanol–water partition coefficient (Wildman–Crippen LogP) is 14.8. The SMILES string of the molecule is c1ccc(-c2nc(-c3ccc4sc5cccc(-c6nc(-c7ccccc7)c7sc8ccccc8c7n6)c5c4c3)nc(-c3ccc4c5ccccc5n(-c5ccccc5)c4c3)n2)cc1. The molecular formula is C55H32N6S2. The summed E-state index contributed by atoms with van der Waals surface area (Å²) in [5.74, 6) is 2.54. The van der Waals surface area contributed by atoms with Crippen LogP contribution in [0.15, 0.2) is 194 Å². The Morgan fingerprint density at radius 2 is 0.952 bits per heavy atom. The minimum absolute atomic E-state index is 0.607. The van der Waals surface area contributed by atoms with Crippen molar-refractivity contribution in [3.63, 3.8) is 0 Å². The van der Waals surface area contributed by atoms with E-state index in [1.165, 1.54) is 24.9 Å². The van der Waals surface area contributed by atoms with Gasteiger partial charge in [0.15, 0.2) is 23.3 Å². The average Bonchev–Trinajstić information content (AvgIpc) is 4.03. The van der Waals surface area contributed by atoms with Crippen LogP contribution in [0.3, 0.4) is 0 Å². The molecule has 0 amide bonds. The largest absolute Gasteiger partial charge is 0.309 e. The molecule has 13 aromatic rings. The second-order valence-corrected chi connectivity index (χ2v) is 17.8. The average molecular weight is 841 g/mol. The van der Waals surface area contributed by atoms with Crippen LogP contribution in [0.5, 0.6) is 0 Å². The minimum Gasteiger partial charge on any atom is -0.309 e. The molecule has 0 aliphatic carbocycles. The van der Waals surface area contributed by atoms with Crippen molar-refractivity contribution in [1.82, 2.24) is 29.5 Å². The summed E-state index contributed by atoms with van der Waals surface area (Å²) in [6.07, 6.45) is 0. The van der Waals surface area contributed by atoms with Crippen molar-refractivity contribution >= 4 is 85.0 Å². The quantitative estimate of drug-likeness (QED) is 0.167.